The number of ether oxygens (including phenoxy) is 4. The molecular weight excluding hydrogens is 374 g/mol. The van der Waals surface area contributed by atoms with Crippen LogP contribution in [0.5, 0.6) is 17.2 Å². The summed E-state index contributed by atoms with van der Waals surface area (Å²) < 4.78 is 21.1. The van der Waals surface area contributed by atoms with Gasteiger partial charge in [-0.2, -0.15) is 0 Å². The Morgan fingerprint density at radius 2 is 1.85 bits per heavy atom. The number of nitrogens with one attached hydrogen (secondary N) is 2. The molecule has 0 spiro atoms. The van der Waals surface area contributed by atoms with Gasteiger partial charge in [0.1, 0.15) is 5.69 Å². The first-order valence-electron chi connectivity index (χ1n) is 8.22. The monoisotopic (exact) mass is 397 g/mol. The zero-order valence-corrected chi connectivity index (χ0v) is 16.5. The molecule has 1 aromatic heterocycles. The molecule has 0 saturated carbocycles. The van der Waals surface area contributed by atoms with Crippen LogP contribution in [-0.2, 0) is 11.3 Å². The highest BCUT2D eigenvalue weighted by atomic mass is 35.5. The van der Waals surface area contributed by atoms with Crippen LogP contribution in [0.1, 0.15) is 16.2 Å². The zero-order chi connectivity index (χ0) is 20.0. The number of hydrogen-bond donors (Lipinski definition) is 3. The van der Waals surface area contributed by atoms with Crippen molar-refractivity contribution < 1.29 is 23.7 Å². The van der Waals surface area contributed by atoms with Crippen LogP contribution in [0, 0.1) is 0 Å². The lowest BCUT2D eigenvalue weighted by Crippen LogP contribution is -2.22. The molecule has 2 rings (SSSR count). The molecule has 9 heteroatoms. The molecule has 27 heavy (non-hydrogen) atoms. The highest BCUT2D eigenvalue weighted by Crippen LogP contribution is 2.47. The minimum atomic E-state index is -0.564. The standard InChI is InChI=1S/C18H24ClN3O5/c1-24-12-6-5-10(16(25-2)17(12)26-3)13-11(9-21-8-7-20)22-15(14(13)19)18(23)27-4/h5-6,21-22H,7-9,20H2,1-4H3. The van der Waals surface area contributed by atoms with E-state index < -0.39 is 5.97 Å². The van der Waals surface area contributed by atoms with Crippen molar-refractivity contribution in [2.24, 2.45) is 5.73 Å². The topological polar surface area (TPSA) is 108 Å². The van der Waals surface area contributed by atoms with Gasteiger partial charge in [-0.3, -0.25) is 0 Å². The predicted molar refractivity (Wildman–Crippen MR) is 103 cm³/mol. The number of rotatable bonds is 9. The number of carbonyl (C=O) groups is 1. The van der Waals surface area contributed by atoms with Crippen molar-refractivity contribution in [2.75, 3.05) is 41.5 Å². The lowest BCUT2D eigenvalue weighted by atomic mass is 10.0. The summed E-state index contributed by atoms with van der Waals surface area (Å²) in [6, 6.07) is 3.54. The van der Waals surface area contributed by atoms with Crippen molar-refractivity contribution in [1.82, 2.24) is 10.3 Å². The maximum Gasteiger partial charge on any atom is 0.356 e. The van der Waals surface area contributed by atoms with Crippen LogP contribution in [0.15, 0.2) is 12.1 Å². The van der Waals surface area contributed by atoms with E-state index >= 15 is 0 Å². The van der Waals surface area contributed by atoms with E-state index in [0.717, 1.165) is 0 Å². The van der Waals surface area contributed by atoms with E-state index in [1.54, 1.807) is 12.1 Å². The van der Waals surface area contributed by atoms with Gasteiger partial charge in [0.05, 0.1) is 33.5 Å². The second-order valence-corrected chi connectivity index (χ2v) is 5.88. The minimum Gasteiger partial charge on any atom is -0.493 e. The van der Waals surface area contributed by atoms with Gasteiger partial charge in [-0.25, -0.2) is 4.79 Å². The van der Waals surface area contributed by atoms with E-state index in [2.05, 4.69) is 10.3 Å². The number of benzene rings is 1. The molecule has 0 atom stereocenters. The summed E-state index contributed by atoms with van der Waals surface area (Å²) in [7, 11) is 5.88. The van der Waals surface area contributed by atoms with Crippen molar-refractivity contribution in [2.45, 2.75) is 6.54 Å². The van der Waals surface area contributed by atoms with Crippen LogP contribution < -0.4 is 25.3 Å². The first-order chi connectivity index (χ1) is 13.0. The Kier molecular flexibility index (Phi) is 7.35. The van der Waals surface area contributed by atoms with Gasteiger partial charge in [-0.15, -0.1) is 0 Å². The highest BCUT2D eigenvalue weighted by molar-refractivity contribution is 6.36. The molecule has 0 aliphatic rings. The molecule has 1 heterocycles. The molecule has 0 aliphatic heterocycles. The van der Waals surface area contributed by atoms with Crippen molar-refractivity contribution >= 4 is 17.6 Å². The summed E-state index contributed by atoms with van der Waals surface area (Å²) >= 11 is 6.54. The van der Waals surface area contributed by atoms with Gasteiger partial charge < -0.3 is 35.0 Å². The predicted octanol–water partition coefficient (Wildman–Crippen LogP) is 2.20. The third-order valence-electron chi connectivity index (χ3n) is 4.00. The number of aromatic amines is 1. The van der Waals surface area contributed by atoms with Crippen LogP contribution in [0.3, 0.4) is 0 Å². The molecule has 2 aromatic rings. The molecule has 0 saturated heterocycles. The Bertz CT molecular complexity index is 807. The van der Waals surface area contributed by atoms with E-state index in [1.165, 1.54) is 28.4 Å². The SMILES string of the molecule is COC(=O)c1[nH]c(CNCCN)c(-c2ccc(OC)c(OC)c2OC)c1Cl. The van der Waals surface area contributed by atoms with Gasteiger partial charge in [0, 0.05) is 36.5 Å². The summed E-state index contributed by atoms with van der Waals surface area (Å²) in [5, 5.41) is 3.42. The van der Waals surface area contributed by atoms with Crippen LogP contribution in [0.25, 0.3) is 11.1 Å². The Balaban J connectivity index is 2.68. The number of esters is 1. The lowest BCUT2D eigenvalue weighted by molar-refractivity contribution is 0.0595. The Morgan fingerprint density at radius 3 is 2.41 bits per heavy atom. The second-order valence-electron chi connectivity index (χ2n) is 5.51. The maximum absolute atomic E-state index is 12.1. The third kappa shape index (κ3) is 4.13. The largest absolute Gasteiger partial charge is 0.493 e. The van der Waals surface area contributed by atoms with Gasteiger partial charge in [-0.1, -0.05) is 11.6 Å². The van der Waals surface area contributed by atoms with Crippen LogP contribution in [0.2, 0.25) is 5.02 Å². The molecule has 148 valence electrons. The average Bonchev–Trinajstić information content (AvgIpc) is 3.02. The summed E-state index contributed by atoms with van der Waals surface area (Å²) in [6.45, 7) is 1.50. The Morgan fingerprint density at radius 1 is 1.15 bits per heavy atom. The van der Waals surface area contributed by atoms with Crippen molar-refractivity contribution in [1.29, 1.82) is 0 Å². The van der Waals surface area contributed by atoms with E-state index in [-0.39, 0.29) is 10.7 Å². The van der Waals surface area contributed by atoms with Crippen molar-refractivity contribution in [3.05, 3.63) is 28.5 Å². The van der Waals surface area contributed by atoms with Crippen LogP contribution >= 0.6 is 11.6 Å². The fourth-order valence-corrected chi connectivity index (χ4v) is 3.14. The molecule has 0 fully saturated rings. The fraction of sp³-hybridized carbons (Fsp3) is 0.389. The molecule has 8 nitrogen and oxygen atoms in total. The molecule has 0 bridgehead atoms. The molecular formula is C18H24ClN3O5. The van der Waals surface area contributed by atoms with Gasteiger partial charge in [0.15, 0.2) is 11.5 Å². The van der Waals surface area contributed by atoms with Crippen molar-refractivity contribution in [3.8, 4) is 28.4 Å². The van der Waals surface area contributed by atoms with Gasteiger partial charge >= 0.3 is 5.97 Å². The summed E-state index contributed by atoms with van der Waals surface area (Å²) in [5.74, 6) is 0.816. The third-order valence-corrected chi connectivity index (χ3v) is 4.38. The van der Waals surface area contributed by atoms with Gasteiger partial charge in [0.25, 0.3) is 0 Å². The number of carbonyl (C=O) groups excluding carboxylic acids is 1. The molecule has 0 radical (unpaired) electrons. The fourth-order valence-electron chi connectivity index (χ4n) is 2.80. The second kappa shape index (κ2) is 9.50. The van der Waals surface area contributed by atoms with Crippen LogP contribution in [0.4, 0.5) is 0 Å². The summed E-state index contributed by atoms with van der Waals surface area (Å²) in [4.78, 5) is 15.1. The van der Waals surface area contributed by atoms with Gasteiger partial charge in [0.2, 0.25) is 5.75 Å². The van der Waals surface area contributed by atoms with Crippen molar-refractivity contribution in [3.63, 3.8) is 0 Å². The minimum absolute atomic E-state index is 0.163. The number of hydrogen-bond acceptors (Lipinski definition) is 7. The molecule has 0 aliphatic carbocycles. The number of halogens is 1. The molecule has 1 aromatic carbocycles. The summed E-state index contributed by atoms with van der Waals surface area (Å²) in [6.07, 6.45) is 0. The summed E-state index contributed by atoms with van der Waals surface area (Å²) in [5.41, 5.74) is 7.66. The van der Waals surface area contributed by atoms with E-state index in [9.17, 15) is 4.79 Å². The average molecular weight is 398 g/mol. The maximum atomic E-state index is 12.1. The first kappa shape index (κ1) is 20.9. The van der Waals surface area contributed by atoms with Crippen LogP contribution in [-0.4, -0.2) is 52.5 Å². The zero-order valence-electron chi connectivity index (χ0n) is 15.8. The smallest absolute Gasteiger partial charge is 0.356 e. The quantitative estimate of drug-likeness (QED) is 0.439. The number of aromatic nitrogens is 1. The first-order valence-corrected chi connectivity index (χ1v) is 8.60. The highest BCUT2D eigenvalue weighted by Gasteiger charge is 2.26. The molecule has 4 N–H and O–H groups in total. The molecule has 0 amide bonds. The Hall–Kier alpha value is -2.42. The lowest BCUT2D eigenvalue weighted by Gasteiger charge is -2.16. The Labute approximate surface area is 162 Å². The van der Waals surface area contributed by atoms with Gasteiger partial charge in [-0.05, 0) is 12.1 Å². The number of H-pyrrole nitrogens is 1. The van der Waals surface area contributed by atoms with E-state index in [4.69, 9.17) is 36.3 Å². The van der Waals surface area contributed by atoms with E-state index in [1.807, 2.05) is 0 Å². The number of nitrogens with two attached hydrogens (primary N) is 1. The molecule has 0 unspecified atom stereocenters. The normalized spacial score (nSPS) is 10.6. The number of methoxy groups -OCH3 is 4. The van der Waals surface area contributed by atoms with E-state index in [0.29, 0.717) is 53.7 Å².